The summed E-state index contributed by atoms with van der Waals surface area (Å²) in [5.41, 5.74) is 6.28. The van der Waals surface area contributed by atoms with Crippen LogP contribution in [0.2, 0.25) is 0 Å². The summed E-state index contributed by atoms with van der Waals surface area (Å²) in [5.74, 6) is 0.623. The normalized spacial score (nSPS) is 12.6. The maximum absolute atomic E-state index is 6.74. The van der Waals surface area contributed by atoms with Gasteiger partial charge in [0.1, 0.15) is 16.8 Å². The molecule has 11 aromatic carbocycles. The number of hydrogen-bond donors (Lipinski definition) is 0. The third-order valence-electron chi connectivity index (χ3n) is 12.5. The molecule has 0 radical (unpaired) electrons. The Morgan fingerprint density at radius 2 is 0.946 bits per heavy atom. The monoisotopic (exact) mass is 709 g/mol. The van der Waals surface area contributed by atoms with Crippen molar-refractivity contribution >= 4 is 119 Å². The van der Waals surface area contributed by atoms with Crippen LogP contribution >= 0.6 is 0 Å². The van der Waals surface area contributed by atoms with E-state index in [9.17, 15) is 0 Å². The zero-order chi connectivity index (χ0) is 36.2. The number of benzene rings is 9. The van der Waals surface area contributed by atoms with Gasteiger partial charge in [0.25, 0.3) is 0 Å². The Bertz CT molecular complexity index is 4000. The van der Waals surface area contributed by atoms with E-state index in [1.54, 1.807) is 0 Å². The van der Waals surface area contributed by atoms with E-state index in [4.69, 9.17) is 14.4 Å². The zero-order valence-electron chi connectivity index (χ0n) is 29.8. The summed E-state index contributed by atoms with van der Waals surface area (Å²) >= 11 is 0. The van der Waals surface area contributed by atoms with Crippen molar-refractivity contribution in [1.29, 1.82) is 0 Å². The van der Waals surface area contributed by atoms with Crippen molar-refractivity contribution < 1.29 is 4.42 Å². The van der Waals surface area contributed by atoms with E-state index in [-0.39, 0.29) is 0 Å². The molecular formula is C52H27N3O. The number of furan rings is 1. The van der Waals surface area contributed by atoms with E-state index >= 15 is 0 Å². The van der Waals surface area contributed by atoms with Crippen LogP contribution in [-0.4, -0.2) is 14.5 Å². The molecule has 0 unspecified atom stereocenters. The van der Waals surface area contributed by atoms with E-state index in [0.717, 1.165) is 49.5 Å². The Balaban J connectivity index is 1.23. The first-order chi connectivity index (χ1) is 27.8. The lowest BCUT2D eigenvalue weighted by molar-refractivity contribution is 0.666. The summed E-state index contributed by atoms with van der Waals surface area (Å²) in [6.45, 7) is 0. The van der Waals surface area contributed by atoms with Gasteiger partial charge in [-0.25, -0.2) is 9.97 Å². The summed E-state index contributed by atoms with van der Waals surface area (Å²) in [5, 5.41) is 20.8. The molecule has 4 heteroatoms. The Labute approximate surface area is 318 Å². The van der Waals surface area contributed by atoms with Gasteiger partial charge in [0.05, 0.1) is 11.0 Å². The molecule has 0 aliphatic rings. The van der Waals surface area contributed by atoms with Crippen LogP contribution in [-0.2, 0) is 0 Å². The Kier molecular flexibility index (Phi) is 5.23. The highest BCUT2D eigenvalue weighted by molar-refractivity contribution is 6.44. The fourth-order valence-corrected chi connectivity index (χ4v) is 10.2. The molecule has 3 aromatic heterocycles. The minimum atomic E-state index is 0.623. The molecule has 0 N–H and O–H groups in total. The second-order valence-corrected chi connectivity index (χ2v) is 15.2. The third-order valence-corrected chi connectivity index (χ3v) is 12.5. The molecule has 0 amide bonds. The number of hydrogen-bond acceptors (Lipinski definition) is 3. The van der Waals surface area contributed by atoms with Crippen molar-refractivity contribution in [1.82, 2.24) is 14.5 Å². The molecule has 4 nitrogen and oxygen atoms in total. The molecule has 14 rings (SSSR count). The van der Waals surface area contributed by atoms with Crippen LogP contribution in [0.3, 0.4) is 0 Å². The number of para-hydroxylation sites is 1. The maximum atomic E-state index is 6.74. The Hall–Kier alpha value is -7.56. The van der Waals surface area contributed by atoms with Gasteiger partial charge in [0.2, 0.25) is 5.95 Å². The minimum absolute atomic E-state index is 0.623. The van der Waals surface area contributed by atoms with E-state index in [1.807, 2.05) is 12.1 Å². The van der Waals surface area contributed by atoms with Crippen molar-refractivity contribution in [3.05, 3.63) is 164 Å². The smallest absolute Gasteiger partial charge is 0.236 e. The third kappa shape index (κ3) is 3.46. The molecule has 14 aromatic rings. The van der Waals surface area contributed by atoms with E-state index in [1.165, 1.54) is 75.4 Å². The summed E-state index contributed by atoms with van der Waals surface area (Å²) in [6, 6.07) is 59.3. The summed E-state index contributed by atoms with van der Waals surface area (Å²) < 4.78 is 9.06. The SMILES string of the molecule is c1ccc2c(c1)cc(-c1nc(-n3c4cccc5c6ccccc6c6ccc7c8ccccc8c8cc3c(c6c78)c54)nc3c1oc1ccccc13)c1ccccc12. The summed E-state index contributed by atoms with van der Waals surface area (Å²) in [4.78, 5) is 11.1. The second kappa shape index (κ2) is 10.1. The fourth-order valence-electron chi connectivity index (χ4n) is 10.2. The second-order valence-electron chi connectivity index (χ2n) is 15.2. The number of nitrogens with zero attached hydrogens (tertiary/aromatic N) is 3. The molecule has 3 heterocycles. The average Bonchev–Trinajstić information content (AvgIpc) is 3.89. The molecule has 256 valence electrons. The molecule has 0 saturated heterocycles. The van der Waals surface area contributed by atoms with E-state index in [0.29, 0.717) is 11.5 Å². The van der Waals surface area contributed by atoms with Gasteiger partial charge in [-0.1, -0.05) is 133 Å². The number of fused-ring (bicyclic) bond motifs is 12. The summed E-state index contributed by atoms with van der Waals surface area (Å²) in [6.07, 6.45) is 0. The molecule has 0 aliphatic carbocycles. The van der Waals surface area contributed by atoms with Gasteiger partial charge in [0.15, 0.2) is 5.58 Å². The highest BCUT2D eigenvalue weighted by atomic mass is 16.3. The first-order valence-electron chi connectivity index (χ1n) is 19.2. The predicted molar refractivity (Wildman–Crippen MR) is 234 cm³/mol. The Morgan fingerprint density at radius 3 is 1.70 bits per heavy atom. The van der Waals surface area contributed by atoms with Crippen molar-refractivity contribution in [2.24, 2.45) is 0 Å². The van der Waals surface area contributed by atoms with Crippen LogP contribution < -0.4 is 0 Å². The first-order valence-corrected chi connectivity index (χ1v) is 19.2. The maximum Gasteiger partial charge on any atom is 0.236 e. The number of rotatable bonds is 2. The van der Waals surface area contributed by atoms with Crippen molar-refractivity contribution in [2.75, 3.05) is 0 Å². The van der Waals surface area contributed by atoms with Gasteiger partial charge in [-0.05, 0) is 100 Å². The van der Waals surface area contributed by atoms with Crippen molar-refractivity contribution in [3.63, 3.8) is 0 Å². The highest BCUT2D eigenvalue weighted by Gasteiger charge is 2.27. The number of aromatic nitrogens is 3. The van der Waals surface area contributed by atoms with Crippen LogP contribution in [0.5, 0.6) is 0 Å². The molecule has 0 spiro atoms. The minimum Gasteiger partial charge on any atom is -0.452 e. The quantitative estimate of drug-likeness (QED) is 0.168. The average molecular weight is 710 g/mol. The van der Waals surface area contributed by atoms with E-state index in [2.05, 4.69) is 156 Å². The molecule has 0 bridgehead atoms. The molecule has 0 fully saturated rings. The van der Waals surface area contributed by atoms with E-state index < -0.39 is 0 Å². The topological polar surface area (TPSA) is 43.9 Å². The van der Waals surface area contributed by atoms with Gasteiger partial charge in [0, 0.05) is 27.1 Å². The lowest BCUT2D eigenvalue weighted by Gasteiger charge is -2.13. The van der Waals surface area contributed by atoms with Crippen LogP contribution in [0.4, 0.5) is 0 Å². The van der Waals surface area contributed by atoms with Crippen LogP contribution in [0.15, 0.2) is 168 Å². The van der Waals surface area contributed by atoms with Gasteiger partial charge in [-0.2, -0.15) is 0 Å². The van der Waals surface area contributed by atoms with Crippen LogP contribution in [0, 0.1) is 0 Å². The zero-order valence-corrected chi connectivity index (χ0v) is 29.8. The van der Waals surface area contributed by atoms with Crippen LogP contribution in [0.25, 0.3) is 136 Å². The predicted octanol–water partition coefficient (Wildman–Crippen LogP) is 14.1. The summed E-state index contributed by atoms with van der Waals surface area (Å²) in [7, 11) is 0. The largest absolute Gasteiger partial charge is 0.452 e. The highest BCUT2D eigenvalue weighted by Crippen LogP contribution is 2.50. The van der Waals surface area contributed by atoms with Crippen molar-refractivity contribution in [2.45, 2.75) is 0 Å². The van der Waals surface area contributed by atoms with Gasteiger partial charge in [-0.15, -0.1) is 0 Å². The van der Waals surface area contributed by atoms with Gasteiger partial charge >= 0.3 is 0 Å². The van der Waals surface area contributed by atoms with Crippen LogP contribution in [0.1, 0.15) is 0 Å². The molecule has 0 atom stereocenters. The van der Waals surface area contributed by atoms with Gasteiger partial charge < -0.3 is 4.42 Å². The fraction of sp³-hybridized carbons (Fsp3) is 0. The first kappa shape index (κ1) is 28.9. The lowest BCUT2D eigenvalue weighted by atomic mass is 9.95. The molecule has 56 heavy (non-hydrogen) atoms. The molecule has 0 aliphatic heterocycles. The standard InChI is InChI=1S/C52H27N3O/c1-2-13-29-28(12-1)26-41(35-19-8-3-14-30(29)35)50-51-49(39-20-9-10-23-44(39)56-51)53-52(54-50)55-42-22-11-21-36-31-15-4-5-16-32(31)38-25-24-37-33-17-6-7-18-34(33)40-27-43(55)48(46(36)42)47(38)45(37)40/h1-27H. The Morgan fingerprint density at radius 1 is 0.375 bits per heavy atom. The van der Waals surface area contributed by atoms with Gasteiger partial charge in [-0.3, -0.25) is 4.57 Å². The molecular weight excluding hydrogens is 683 g/mol. The molecule has 0 saturated carbocycles. The van der Waals surface area contributed by atoms with Crippen molar-refractivity contribution in [3.8, 4) is 17.2 Å². The lowest BCUT2D eigenvalue weighted by Crippen LogP contribution is -2.03.